The second-order valence-corrected chi connectivity index (χ2v) is 6.91. The zero-order valence-electron chi connectivity index (χ0n) is 14.9. The number of aryl methyl sites for hydroxylation is 2. The summed E-state index contributed by atoms with van der Waals surface area (Å²) >= 11 is 1.54. The van der Waals surface area contributed by atoms with Gasteiger partial charge in [0.15, 0.2) is 0 Å². The molecule has 7 nitrogen and oxygen atoms in total. The molecule has 0 radical (unpaired) electrons. The number of hydrogen-bond donors (Lipinski definition) is 2. The lowest BCUT2D eigenvalue weighted by Crippen LogP contribution is -2.35. The maximum absolute atomic E-state index is 12.1. The Kier molecular flexibility index (Phi) is 5.72. The summed E-state index contributed by atoms with van der Waals surface area (Å²) in [6, 6.07) is 5.26. The molecule has 2 heterocycles. The van der Waals surface area contributed by atoms with Crippen molar-refractivity contribution in [3.8, 4) is 0 Å². The average molecular weight is 374 g/mol. The van der Waals surface area contributed by atoms with E-state index in [2.05, 4.69) is 22.5 Å². The highest BCUT2D eigenvalue weighted by Crippen LogP contribution is 2.30. The molecule has 0 aliphatic carbocycles. The van der Waals surface area contributed by atoms with Crippen molar-refractivity contribution < 1.29 is 14.3 Å². The zero-order chi connectivity index (χ0) is 18.5. The number of rotatable bonds is 4. The van der Waals surface area contributed by atoms with Gasteiger partial charge in [-0.25, -0.2) is 14.6 Å². The molecule has 0 spiro atoms. The number of benzene rings is 1. The largest absolute Gasteiger partial charge is 0.452 e. The second-order valence-electron chi connectivity index (χ2n) is 5.96. The number of amides is 3. The number of aromatic nitrogens is 1. The molecule has 3 rings (SSSR count). The third kappa shape index (κ3) is 4.13. The van der Waals surface area contributed by atoms with Gasteiger partial charge in [-0.2, -0.15) is 0 Å². The number of carbonyl (C=O) groups is 2. The van der Waals surface area contributed by atoms with Crippen LogP contribution in [0.15, 0.2) is 23.6 Å². The molecule has 3 amide bonds. The van der Waals surface area contributed by atoms with Gasteiger partial charge in [-0.15, -0.1) is 11.3 Å². The van der Waals surface area contributed by atoms with Crippen molar-refractivity contribution in [3.63, 3.8) is 0 Å². The first-order valence-electron chi connectivity index (χ1n) is 8.57. The van der Waals surface area contributed by atoms with Gasteiger partial charge in [-0.05, 0) is 43.0 Å². The Bertz CT molecular complexity index is 805. The number of methoxy groups -OCH3 is 1. The van der Waals surface area contributed by atoms with Crippen LogP contribution in [-0.4, -0.2) is 30.8 Å². The normalized spacial score (nSPS) is 13.1. The van der Waals surface area contributed by atoms with E-state index in [-0.39, 0.29) is 12.1 Å². The fourth-order valence-corrected chi connectivity index (χ4v) is 3.72. The topological polar surface area (TPSA) is 83.6 Å². The molecular weight excluding hydrogens is 352 g/mol. The predicted molar refractivity (Wildman–Crippen MR) is 102 cm³/mol. The van der Waals surface area contributed by atoms with Gasteiger partial charge in [0.1, 0.15) is 5.01 Å². The Morgan fingerprint density at radius 2 is 2.23 bits per heavy atom. The van der Waals surface area contributed by atoms with E-state index < -0.39 is 0 Å². The van der Waals surface area contributed by atoms with Gasteiger partial charge >= 0.3 is 12.1 Å². The summed E-state index contributed by atoms with van der Waals surface area (Å²) in [6.45, 7) is 3.09. The highest BCUT2D eigenvalue weighted by atomic mass is 32.1. The van der Waals surface area contributed by atoms with Gasteiger partial charge < -0.3 is 15.4 Å². The van der Waals surface area contributed by atoms with Crippen LogP contribution in [0.3, 0.4) is 0 Å². The highest BCUT2D eigenvalue weighted by Gasteiger charge is 2.23. The summed E-state index contributed by atoms with van der Waals surface area (Å²) in [7, 11) is 1.38. The number of hydrogen-bond acceptors (Lipinski definition) is 5. The van der Waals surface area contributed by atoms with Crippen molar-refractivity contribution in [1.29, 1.82) is 0 Å². The van der Waals surface area contributed by atoms with Crippen LogP contribution in [0, 0.1) is 0 Å². The van der Waals surface area contributed by atoms with Crippen molar-refractivity contribution >= 4 is 34.8 Å². The summed E-state index contributed by atoms with van der Waals surface area (Å²) in [5.41, 5.74) is 3.59. The van der Waals surface area contributed by atoms with E-state index in [1.165, 1.54) is 7.11 Å². The Balaban J connectivity index is 1.61. The summed E-state index contributed by atoms with van der Waals surface area (Å²) in [4.78, 5) is 30.0. The van der Waals surface area contributed by atoms with Crippen LogP contribution >= 0.6 is 11.3 Å². The summed E-state index contributed by atoms with van der Waals surface area (Å²) < 4.78 is 4.83. The number of nitrogens with zero attached hydrogens (tertiary/aromatic N) is 2. The monoisotopic (exact) mass is 374 g/mol. The Morgan fingerprint density at radius 3 is 2.96 bits per heavy atom. The van der Waals surface area contributed by atoms with Gasteiger partial charge in [-0.1, -0.05) is 6.92 Å². The van der Waals surface area contributed by atoms with E-state index in [1.54, 1.807) is 22.3 Å². The van der Waals surface area contributed by atoms with Gasteiger partial charge in [0, 0.05) is 17.6 Å². The van der Waals surface area contributed by atoms with Crippen molar-refractivity contribution in [2.45, 2.75) is 32.7 Å². The zero-order valence-corrected chi connectivity index (χ0v) is 15.7. The first-order valence-corrected chi connectivity index (χ1v) is 9.45. The number of thiazole rings is 1. The number of nitrogens with one attached hydrogen (secondary N) is 2. The molecule has 0 bridgehead atoms. The fourth-order valence-electron chi connectivity index (χ4n) is 2.90. The van der Waals surface area contributed by atoms with Crippen molar-refractivity contribution in [2.24, 2.45) is 0 Å². The van der Waals surface area contributed by atoms with E-state index in [0.717, 1.165) is 41.2 Å². The van der Waals surface area contributed by atoms with Crippen molar-refractivity contribution in [2.75, 3.05) is 23.9 Å². The van der Waals surface area contributed by atoms with Crippen molar-refractivity contribution in [1.82, 2.24) is 10.3 Å². The minimum atomic E-state index is -0.362. The fraction of sp³-hybridized carbons (Fsp3) is 0.389. The van der Waals surface area contributed by atoms with Crippen LogP contribution in [0.4, 0.5) is 21.0 Å². The molecule has 26 heavy (non-hydrogen) atoms. The van der Waals surface area contributed by atoms with Crippen LogP contribution in [0.1, 0.15) is 29.6 Å². The number of anilines is 2. The smallest absolute Gasteiger partial charge is 0.414 e. The van der Waals surface area contributed by atoms with Crippen LogP contribution in [0.5, 0.6) is 0 Å². The van der Waals surface area contributed by atoms with Gasteiger partial charge in [0.2, 0.25) is 0 Å². The van der Waals surface area contributed by atoms with Crippen LogP contribution in [0.2, 0.25) is 0 Å². The number of ether oxygens (including phenoxy) is 1. The quantitative estimate of drug-likeness (QED) is 0.857. The van der Waals surface area contributed by atoms with Gasteiger partial charge in [0.05, 0.1) is 25.0 Å². The predicted octanol–water partition coefficient (Wildman–Crippen LogP) is 3.55. The van der Waals surface area contributed by atoms with E-state index in [4.69, 9.17) is 4.74 Å². The molecule has 0 atom stereocenters. The first-order chi connectivity index (χ1) is 12.6. The third-order valence-electron chi connectivity index (χ3n) is 4.21. The third-order valence-corrected chi connectivity index (χ3v) is 5.11. The molecule has 0 fully saturated rings. The van der Waals surface area contributed by atoms with E-state index in [9.17, 15) is 9.59 Å². The minimum Gasteiger partial charge on any atom is -0.452 e. The molecule has 1 aromatic carbocycles. The lowest BCUT2D eigenvalue weighted by molar-refractivity contribution is 0.178. The molecular formula is C18H22N4O3S. The summed E-state index contributed by atoms with van der Waals surface area (Å²) in [6.07, 6.45) is 2.25. The standard InChI is InChI=1S/C18H22N4O3S/c1-3-13-11-26-16(20-13)10-19-17(23)21-14-6-7-15-12(9-14)5-4-8-22(15)18(24)25-2/h6-7,9,11H,3-5,8,10H2,1-2H3,(H2,19,21,23). The summed E-state index contributed by atoms with van der Waals surface area (Å²) in [5, 5.41) is 8.54. The minimum absolute atomic E-state index is 0.279. The van der Waals surface area contributed by atoms with Crippen LogP contribution in [-0.2, 0) is 24.1 Å². The highest BCUT2D eigenvalue weighted by molar-refractivity contribution is 7.09. The summed E-state index contributed by atoms with van der Waals surface area (Å²) in [5.74, 6) is 0. The lowest BCUT2D eigenvalue weighted by atomic mass is 10.0. The van der Waals surface area contributed by atoms with Crippen LogP contribution < -0.4 is 15.5 Å². The van der Waals surface area contributed by atoms with E-state index >= 15 is 0 Å². The number of urea groups is 1. The molecule has 0 unspecified atom stereocenters. The average Bonchev–Trinajstić information content (AvgIpc) is 3.13. The van der Waals surface area contributed by atoms with Crippen LogP contribution in [0.25, 0.3) is 0 Å². The van der Waals surface area contributed by atoms with Gasteiger partial charge in [0.25, 0.3) is 0 Å². The van der Waals surface area contributed by atoms with E-state index in [1.807, 2.05) is 17.5 Å². The molecule has 1 aromatic heterocycles. The first kappa shape index (κ1) is 18.2. The molecule has 1 aliphatic rings. The maximum Gasteiger partial charge on any atom is 0.414 e. The molecule has 8 heteroatoms. The maximum atomic E-state index is 12.1. The van der Waals surface area contributed by atoms with E-state index in [0.29, 0.717) is 18.8 Å². The molecule has 138 valence electrons. The number of fused-ring (bicyclic) bond motifs is 1. The van der Waals surface area contributed by atoms with Crippen molar-refractivity contribution in [3.05, 3.63) is 39.8 Å². The lowest BCUT2D eigenvalue weighted by Gasteiger charge is -2.28. The Hall–Kier alpha value is -2.61. The Morgan fingerprint density at radius 1 is 1.38 bits per heavy atom. The van der Waals surface area contributed by atoms with Gasteiger partial charge in [-0.3, -0.25) is 4.90 Å². The molecule has 0 saturated heterocycles. The molecule has 0 saturated carbocycles. The Labute approximate surface area is 156 Å². The molecule has 2 aromatic rings. The molecule has 1 aliphatic heterocycles. The SMILES string of the molecule is CCc1csc(CNC(=O)Nc2ccc3c(c2)CCCN3C(=O)OC)n1. The number of carbonyl (C=O) groups excluding carboxylic acids is 2. The molecule has 2 N–H and O–H groups in total. The second kappa shape index (κ2) is 8.18.